The van der Waals surface area contributed by atoms with Crippen molar-refractivity contribution < 1.29 is 0 Å². The first kappa shape index (κ1) is 14.1. The minimum atomic E-state index is 0.352. The second-order valence-electron chi connectivity index (χ2n) is 6.35. The van der Waals surface area contributed by atoms with E-state index in [0.29, 0.717) is 12.6 Å². The maximum Gasteiger partial charge on any atom is 0.0948 e. The standard InChI is InChI=1S/C16H28N4/c1-2-19-12-18-11-16(19)15(10-17)20-9-5-8-14(20)13-6-3-4-7-13/h11-15H,2-10,17H2,1H3. The molecule has 2 fully saturated rings. The Labute approximate surface area is 122 Å². The lowest BCUT2D eigenvalue weighted by Crippen LogP contribution is -2.41. The first-order valence-electron chi connectivity index (χ1n) is 8.31. The minimum absolute atomic E-state index is 0.352. The van der Waals surface area contributed by atoms with Gasteiger partial charge in [0.05, 0.1) is 18.1 Å². The average Bonchev–Trinajstić information content (AvgIpc) is 3.21. The van der Waals surface area contributed by atoms with Gasteiger partial charge in [-0.2, -0.15) is 0 Å². The van der Waals surface area contributed by atoms with Crippen LogP contribution in [-0.4, -0.2) is 33.6 Å². The number of hydrogen-bond donors (Lipinski definition) is 1. The van der Waals surface area contributed by atoms with E-state index in [-0.39, 0.29) is 0 Å². The van der Waals surface area contributed by atoms with Crippen molar-refractivity contribution in [1.82, 2.24) is 14.5 Å². The van der Waals surface area contributed by atoms with Crippen LogP contribution in [0.15, 0.2) is 12.5 Å². The Kier molecular flexibility index (Phi) is 4.41. The molecule has 3 rings (SSSR count). The van der Waals surface area contributed by atoms with E-state index < -0.39 is 0 Å². The molecule has 0 amide bonds. The zero-order chi connectivity index (χ0) is 13.9. The van der Waals surface area contributed by atoms with Gasteiger partial charge in [0, 0.05) is 25.3 Å². The Morgan fingerprint density at radius 2 is 2.10 bits per heavy atom. The Morgan fingerprint density at radius 3 is 2.80 bits per heavy atom. The molecule has 0 spiro atoms. The van der Waals surface area contributed by atoms with Crippen molar-refractivity contribution in [3.05, 3.63) is 18.2 Å². The normalized spacial score (nSPS) is 26.4. The Hall–Kier alpha value is -0.870. The Balaban J connectivity index is 1.80. The van der Waals surface area contributed by atoms with Crippen molar-refractivity contribution in [1.29, 1.82) is 0 Å². The van der Waals surface area contributed by atoms with E-state index in [9.17, 15) is 0 Å². The molecule has 2 atom stereocenters. The van der Waals surface area contributed by atoms with Gasteiger partial charge in [-0.25, -0.2) is 4.98 Å². The molecule has 1 aromatic heterocycles. The van der Waals surface area contributed by atoms with Crippen LogP contribution in [-0.2, 0) is 6.54 Å². The molecule has 0 radical (unpaired) electrons. The number of aryl methyl sites for hydroxylation is 1. The summed E-state index contributed by atoms with van der Waals surface area (Å²) in [6.45, 7) is 5.07. The van der Waals surface area contributed by atoms with E-state index in [0.717, 1.165) is 18.5 Å². The van der Waals surface area contributed by atoms with Crippen LogP contribution in [0, 0.1) is 5.92 Å². The van der Waals surface area contributed by atoms with Gasteiger partial charge >= 0.3 is 0 Å². The van der Waals surface area contributed by atoms with Gasteiger partial charge in [0.15, 0.2) is 0 Å². The fraction of sp³-hybridized carbons (Fsp3) is 0.812. The highest BCUT2D eigenvalue weighted by Crippen LogP contribution is 2.39. The topological polar surface area (TPSA) is 47.1 Å². The lowest BCUT2D eigenvalue weighted by atomic mass is 9.95. The van der Waals surface area contributed by atoms with E-state index in [1.807, 2.05) is 12.5 Å². The molecule has 2 N–H and O–H groups in total. The molecule has 1 aliphatic heterocycles. The van der Waals surface area contributed by atoms with Crippen molar-refractivity contribution in [2.45, 2.75) is 64.1 Å². The summed E-state index contributed by atoms with van der Waals surface area (Å²) in [6.07, 6.45) is 12.4. The van der Waals surface area contributed by atoms with Crippen LogP contribution >= 0.6 is 0 Å². The molecule has 2 aliphatic rings. The third-order valence-electron chi connectivity index (χ3n) is 5.34. The molecule has 4 heteroatoms. The zero-order valence-corrected chi connectivity index (χ0v) is 12.7. The fourth-order valence-electron chi connectivity index (χ4n) is 4.35. The Morgan fingerprint density at radius 1 is 1.30 bits per heavy atom. The van der Waals surface area contributed by atoms with Crippen molar-refractivity contribution in [2.75, 3.05) is 13.1 Å². The summed E-state index contributed by atoms with van der Waals surface area (Å²) in [5.41, 5.74) is 7.45. The maximum atomic E-state index is 6.15. The second-order valence-corrected chi connectivity index (χ2v) is 6.35. The van der Waals surface area contributed by atoms with Gasteiger partial charge in [0.25, 0.3) is 0 Å². The molecular formula is C16H28N4. The molecule has 1 saturated carbocycles. The average molecular weight is 276 g/mol. The third kappa shape index (κ3) is 2.51. The number of nitrogens with two attached hydrogens (primary N) is 1. The number of rotatable bonds is 5. The molecule has 20 heavy (non-hydrogen) atoms. The van der Waals surface area contributed by atoms with Gasteiger partial charge in [-0.05, 0) is 45.1 Å². The summed E-state index contributed by atoms with van der Waals surface area (Å²) in [7, 11) is 0. The molecule has 112 valence electrons. The summed E-state index contributed by atoms with van der Waals surface area (Å²) in [6, 6.07) is 1.11. The highest BCUT2D eigenvalue weighted by molar-refractivity contribution is 5.09. The predicted molar refractivity (Wildman–Crippen MR) is 81.4 cm³/mol. The molecular weight excluding hydrogens is 248 g/mol. The SMILES string of the molecule is CCn1cncc1C(CN)N1CCCC1C1CCCC1. The summed E-state index contributed by atoms with van der Waals surface area (Å²) in [4.78, 5) is 7.03. The van der Waals surface area contributed by atoms with Crippen LogP contribution in [0.5, 0.6) is 0 Å². The number of likely N-dealkylation sites (tertiary alicyclic amines) is 1. The van der Waals surface area contributed by atoms with E-state index >= 15 is 0 Å². The second kappa shape index (κ2) is 6.27. The van der Waals surface area contributed by atoms with Crippen molar-refractivity contribution in [2.24, 2.45) is 11.7 Å². The van der Waals surface area contributed by atoms with Crippen LogP contribution in [0.2, 0.25) is 0 Å². The molecule has 0 bridgehead atoms. The molecule has 4 nitrogen and oxygen atoms in total. The van der Waals surface area contributed by atoms with E-state index in [1.54, 1.807) is 0 Å². The van der Waals surface area contributed by atoms with Crippen molar-refractivity contribution in [3.8, 4) is 0 Å². The molecule has 1 saturated heterocycles. The predicted octanol–water partition coefficient (Wildman–Crippen LogP) is 2.56. The quantitative estimate of drug-likeness (QED) is 0.899. The van der Waals surface area contributed by atoms with Gasteiger partial charge in [-0.1, -0.05) is 12.8 Å². The highest BCUT2D eigenvalue weighted by Gasteiger charge is 2.37. The van der Waals surface area contributed by atoms with Crippen LogP contribution < -0.4 is 5.73 Å². The Bertz CT molecular complexity index is 422. The van der Waals surface area contributed by atoms with Crippen molar-refractivity contribution in [3.63, 3.8) is 0 Å². The summed E-state index contributed by atoms with van der Waals surface area (Å²) in [5.74, 6) is 0.907. The first-order chi connectivity index (χ1) is 9.85. The van der Waals surface area contributed by atoms with Crippen LogP contribution in [0.1, 0.15) is 57.2 Å². The molecule has 2 heterocycles. The lowest BCUT2D eigenvalue weighted by molar-refractivity contribution is 0.133. The van der Waals surface area contributed by atoms with Gasteiger partial charge < -0.3 is 10.3 Å². The largest absolute Gasteiger partial charge is 0.333 e. The molecule has 1 aromatic rings. The first-order valence-corrected chi connectivity index (χ1v) is 8.31. The highest BCUT2D eigenvalue weighted by atomic mass is 15.2. The zero-order valence-electron chi connectivity index (χ0n) is 12.7. The third-order valence-corrected chi connectivity index (χ3v) is 5.34. The van der Waals surface area contributed by atoms with E-state index in [1.165, 1.54) is 50.8 Å². The molecule has 1 aliphatic carbocycles. The summed E-state index contributed by atoms with van der Waals surface area (Å²) < 4.78 is 2.25. The molecule has 0 aromatic carbocycles. The maximum absolute atomic E-state index is 6.15. The fourth-order valence-corrected chi connectivity index (χ4v) is 4.35. The number of nitrogens with zero attached hydrogens (tertiary/aromatic N) is 3. The van der Waals surface area contributed by atoms with E-state index in [2.05, 4.69) is 21.4 Å². The number of hydrogen-bond acceptors (Lipinski definition) is 3. The van der Waals surface area contributed by atoms with Crippen LogP contribution in [0.4, 0.5) is 0 Å². The van der Waals surface area contributed by atoms with Gasteiger partial charge in [-0.3, -0.25) is 4.90 Å². The van der Waals surface area contributed by atoms with Crippen LogP contribution in [0.3, 0.4) is 0 Å². The van der Waals surface area contributed by atoms with Crippen molar-refractivity contribution >= 4 is 0 Å². The minimum Gasteiger partial charge on any atom is -0.333 e. The monoisotopic (exact) mass is 276 g/mol. The van der Waals surface area contributed by atoms with Gasteiger partial charge in [-0.15, -0.1) is 0 Å². The van der Waals surface area contributed by atoms with Gasteiger partial charge in [0.2, 0.25) is 0 Å². The number of aromatic nitrogens is 2. The van der Waals surface area contributed by atoms with Crippen LogP contribution in [0.25, 0.3) is 0 Å². The molecule has 2 unspecified atom stereocenters. The number of imidazole rings is 1. The van der Waals surface area contributed by atoms with Gasteiger partial charge in [0.1, 0.15) is 0 Å². The smallest absolute Gasteiger partial charge is 0.0948 e. The van der Waals surface area contributed by atoms with E-state index in [4.69, 9.17) is 5.73 Å². The summed E-state index contributed by atoms with van der Waals surface area (Å²) >= 11 is 0. The summed E-state index contributed by atoms with van der Waals surface area (Å²) in [5, 5.41) is 0. The lowest BCUT2D eigenvalue weighted by Gasteiger charge is -2.35.